The lowest BCUT2D eigenvalue weighted by Crippen LogP contribution is -2.46. The van der Waals surface area contributed by atoms with E-state index in [9.17, 15) is 19.1 Å². The van der Waals surface area contributed by atoms with Crippen LogP contribution in [0.5, 0.6) is 0 Å². The summed E-state index contributed by atoms with van der Waals surface area (Å²) in [6, 6.07) is 8.73. The Morgan fingerprint density at radius 2 is 2.10 bits per heavy atom. The smallest absolute Gasteiger partial charge is 0.274 e. The predicted octanol–water partition coefficient (Wildman–Crippen LogP) is 2.32. The first kappa shape index (κ1) is 19.4. The van der Waals surface area contributed by atoms with Gasteiger partial charge in [0.25, 0.3) is 11.8 Å². The van der Waals surface area contributed by atoms with Crippen LogP contribution < -0.4 is 10.6 Å². The summed E-state index contributed by atoms with van der Waals surface area (Å²) < 4.78 is 15.8. The Morgan fingerprint density at radius 3 is 2.93 bits per heavy atom. The number of aliphatic hydroxyl groups excluding tert-OH is 1. The van der Waals surface area contributed by atoms with Gasteiger partial charge in [-0.25, -0.2) is 9.37 Å². The van der Waals surface area contributed by atoms with Gasteiger partial charge in [0.05, 0.1) is 24.0 Å². The van der Waals surface area contributed by atoms with E-state index in [1.165, 1.54) is 18.3 Å². The van der Waals surface area contributed by atoms with Crippen molar-refractivity contribution in [2.75, 3.05) is 16.8 Å². The summed E-state index contributed by atoms with van der Waals surface area (Å²) in [6.45, 7) is 0. The van der Waals surface area contributed by atoms with E-state index in [4.69, 9.17) is 0 Å². The highest BCUT2D eigenvalue weighted by Crippen LogP contribution is 2.20. The number of hydrogen-bond donors (Lipinski definition) is 3. The maximum Gasteiger partial charge on any atom is 0.274 e. The van der Waals surface area contributed by atoms with E-state index in [2.05, 4.69) is 15.6 Å². The molecule has 0 radical (unpaired) electrons. The number of nitrogens with one attached hydrogen (secondary N) is 2. The van der Waals surface area contributed by atoms with E-state index >= 15 is 0 Å². The molecule has 0 unspecified atom stereocenters. The van der Waals surface area contributed by atoms with Crippen molar-refractivity contribution in [3.05, 3.63) is 65.9 Å². The summed E-state index contributed by atoms with van der Waals surface area (Å²) in [5.41, 5.74) is 0.937. The number of aliphatic hydroxyl groups is 1. The first-order valence-electron chi connectivity index (χ1n) is 9.12. The summed E-state index contributed by atoms with van der Waals surface area (Å²) in [5.74, 6) is -0.204. The first-order valence-corrected chi connectivity index (χ1v) is 10.3. The topological polar surface area (TPSA) is 95.7 Å². The van der Waals surface area contributed by atoms with Crippen molar-refractivity contribution in [1.82, 2.24) is 14.7 Å². The molecule has 1 fully saturated rings. The van der Waals surface area contributed by atoms with E-state index in [0.717, 1.165) is 11.8 Å². The molecule has 7 nitrogen and oxygen atoms in total. The van der Waals surface area contributed by atoms with E-state index in [-0.39, 0.29) is 23.0 Å². The SMILES string of the molecule is O=C(N[C@H]1CCSC[C@H]1O)c1ccc(F)c(NC(=O)c2cnc3ccccn23)c1. The van der Waals surface area contributed by atoms with Crippen molar-refractivity contribution < 1.29 is 19.1 Å². The zero-order chi connectivity index (χ0) is 20.4. The molecule has 2 atom stereocenters. The normalized spacial score (nSPS) is 19.1. The number of halogens is 1. The zero-order valence-electron chi connectivity index (χ0n) is 15.3. The van der Waals surface area contributed by atoms with Crippen LogP contribution in [0.15, 0.2) is 48.8 Å². The van der Waals surface area contributed by atoms with Crippen LogP contribution in [0.4, 0.5) is 10.1 Å². The van der Waals surface area contributed by atoms with Gasteiger partial charge in [-0.2, -0.15) is 11.8 Å². The molecule has 0 saturated carbocycles. The number of anilines is 1. The van der Waals surface area contributed by atoms with Crippen LogP contribution in [-0.4, -0.2) is 50.0 Å². The Labute approximate surface area is 170 Å². The second kappa shape index (κ2) is 8.22. The van der Waals surface area contributed by atoms with E-state index in [1.807, 2.05) is 0 Å². The maximum absolute atomic E-state index is 14.3. The van der Waals surface area contributed by atoms with Gasteiger partial charge in [0.1, 0.15) is 17.2 Å². The summed E-state index contributed by atoms with van der Waals surface area (Å²) >= 11 is 1.63. The van der Waals surface area contributed by atoms with Crippen LogP contribution in [-0.2, 0) is 0 Å². The Bertz CT molecular complexity index is 1070. The molecule has 0 bridgehead atoms. The van der Waals surface area contributed by atoms with Crippen LogP contribution in [0.25, 0.3) is 5.65 Å². The standard InChI is InChI=1S/C20H19FN4O3S/c21-13-5-4-12(19(27)23-14-6-8-29-11-17(14)26)9-15(13)24-20(28)16-10-22-18-3-1-2-7-25(16)18/h1-5,7,9-10,14,17,26H,6,8,11H2,(H,23,27)(H,24,28)/t14-,17+/m0/s1. The highest BCUT2D eigenvalue weighted by Gasteiger charge is 2.25. The van der Waals surface area contributed by atoms with Gasteiger partial charge < -0.3 is 15.7 Å². The third-order valence-electron chi connectivity index (χ3n) is 4.77. The second-order valence-corrected chi connectivity index (χ2v) is 7.88. The Kier molecular flexibility index (Phi) is 5.50. The number of fused-ring (bicyclic) bond motifs is 1. The number of benzene rings is 1. The van der Waals surface area contributed by atoms with Crippen molar-refractivity contribution in [2.45, 2.75) is 18.6 Å². The zero-order valence-corrected chi connectivity index (χ0v) is 16.2. The number of amides is 2. The fraction of sp³-hybridized carbons (Fsp3) is 0.250. The third-order valence-corrected chi connectivity index (χ3v) is 5.87. The van der Waals surface area contributed by atoms with Crippen molar-refractivity contribution in [3.8, 4) is 0 Å². The van der Waals surface area contributed by atoms with Crippen LogP contribution >= 0.6 is 11.8 Å². The van der Waals surface area contributed by atoms with Gasteiger partial charge in [-0.05, 0) is 42.5 Å². The average Bonchev–Trinajstić information content (AvgIpc) is 3.15. The molecule has 1 saturated heterocycles. The molecule has 3 aromatic rings. The molecule has 0 spiro atoms. The van der Waals surface area contributed by atoms with Gasteiger partial charge >= 0.3 is 0 Å². The number of aromatic nitrogens is 2. The van der Waals surface area contributed by atoms with Crippen molar-refractivity contribution in [2.24, 2.45) is 0 Å². The second-order valence-electron chi connectivity index (χ2n) is 6.73. The number of nitrogens with zero attached hydrogens (tertiary/aromatic N) is 2. The van der Waals surface area contributed by atoms with Crippen molar-refractivity contribution in [3.63, 3.8) is 0 Å². The molecule has 150 valence electrons. The number of hydrogen-bond acceptors (Lipinski definition) is 5. The van der Waals surface area contributed by atoms with Crippen LogP contribution in [0.3, 0.4) is 0 Å². The number of rotatable bonds is 4. The number of thioether (sulfide) groups is 1. The summed E-state index contributed by atoms with van der Waals surface area (Å²) in [5, 5.41) is 15.3. The molecule has 1 aliphatic heterocycles. The molecular weight excluding hydrogens is 395 g/mol. The molecular formula is C20H19FN4O3S. The quantitative estimate of drug-likeness (QED) is 0.609. The minimum Gasteiger partial charge on any atom is -0.390 e. The van der Waals surface area contributed by atoms with Crippen molar-refractivity contribution >= 4 is 34.9 Å². The Morgan fingerprint density at radius 1 is 1.24 bits per heavy atom. The monoisotopic (exact) mass is 414 g/mol. The largest absolute Gasteiger partial charge is 0.390 e. The van der Waals surface area contributed by atoms with Gasteiger partial charge in [0.15, 0.2) is 0 Å². The lowest BCUT2D eigenvalue weighted by atomic mass is 10.1. The summed E-state index contributed by atoms with van der Waals surface area (Å²) in [7, 11) is 0. The lowest BCUT2D eigenvalue weighted by Gasteiger charge is -2.28. The van der Waals surface area contributed by atoms with E-state index in [1.54, 1.807) is 40.6 Å². The van der Waals surface area contributed by atoms with E-state index in [0.29, 0.717) is 17.8 Å². The molecule has 29 heavy (non-hydrogen) atoms. The molecule has 3 N–H and O–H groups in total. The minimum absolute atomic E-state index is 0.103. The molecule has 4 rings (SSSR count). The highest BCUT2D eigenvalue weighted by molar-refractivity contribution is 7.99. The number of imidazole rings is 1. The van der Waals surface area contributed by atoms with Gasteiger partial charge in [0, 0.05) is 17.5 Å². The maximum atomic E-state index is 14.3. The molecule has 1 aliphatic rings. The van der Waals surface area contributed by atoms with Gasteiger partial charge in [-0.1, -0.05) is 6.07 Å². The Balaban J connectivity index is 1.52. The molecule has 1 aromatic carbocycles. The van der Waals surface area contributed by atoms with E-state index < -0.39 is 23.7 Å². The molecule has 0 aliphatic carbocycles. The predicted molar refractivity (Wildman–Crippen MR) is 109 cm³/mol. The fourth-order valence-electron chi connectivity index (χ4n) is 3.19. The number of pyridine rings is 1. The number of carbonyl (C=O) groups is 2. The van der Waals surface area contributed by atoms with Gasteiger partial charge in [-0.15, -0.1) is 0 Å². The van der Waals surface area contributed by atoms with Gasteiger partial charge in [0.2, 0.25) is 0 Å². The molecule has 3 heterocycles. The number of carbonyl (C=O) groups excluding carboxylic acids is 2. The van der Waals surface area contributed by atoms with Gasteiger partial charge in [-0.3, -0.25) is 14.0 Å². The molecule has 2 aromatic heterocycles. The van der Waals surface area contributed by atoms with Crippen LogP contribution in [0, 0.1) is 5.82 Å². The first-order chi connectivity index (χ1) is 14.0. The molecule has 2 amide bonds. The fourth-order valence-corrected chi connectivity index (χ4v) is 4.25. The van der Waals surface area contributed by atoms with Crippen molar-refractivity contribution in [1.29, 1.82) is 0 Å². The minimum atomic E-state index is -0.655. The highest BCUT2D eigenvalue weighted by atomic mass is 32.2. The summed E-state index contributed by atoms with van der Waals surface area (Å²) in [6.07, 6.45) is 3.14. The third kappa shape index (κ3) is 4.10. The van der Waals surface area contributed by atoms with Crippen LogP contribution in [0.2, 0.25) is 0 Å². The Hall–Kier alpha value is -2.91. The van der Waals surface area contributed by atoms with Crippen LogP contribution in [0.1, 0.15) is 27.3 Å². The lowest BCUT2D eigenvalue weighted by molar-refractivity contribution is 0.0855. The molecule has 9 heteroatoms. The summed E-state index contributed by atoms with van der Waals surface area (Å²) in [4.78, 5) is 29.3. The average molecular weight is 414 g/mol.